The Balaban J connectivity index is 1.63. The minimum absolute atomic E-state index is 0.201. The number of aryl methyl sites for hydroxylation is 1. The van der Waals surface area contributed by atoms with Gasteiger partial charge in [-0.05, 0) is 53.6 Å². The van der Waals surface area contributed by atoms with Crippen LogP contribution in [0.5, 0.6) is 5.75 Å². The van der Waals surface area contributed by atoms with Crippen molar-refractivity contribution in [2.24, 2.45) is 0 Å². The predicted molar refractivity (Wildman–Crippen MR) is 109 cm³/mol. The summed E-state index contributed by atoms with van der Waals surface area (Å²) in [5, 5.41) is 13.8. The number of ether oxygens (including phenoxy) is 1. The molecule has 0 saturated carbocycles. The summed E-state index contributed by atoms with van der Waals surface area (Å²) in [5.41, 5.74) is 2.76. The lowest BCUT2D eigenvalue weighted by Gasteiger charge is -2.14. The van der Waals surface area contributed by atoms with Crippen LogP contribution in [0.2, 0.25) is 0 Å². The number of nitrogens with zero attached hydrogens (tertiary/aromatic N) is 6. The van der Waals surface area contributed by atoms with Crippen molar-refractivity contribution in [1.29, 1.82) is 0 Å². The third-order valence-corrected chi connectivity index (χ3v) is 4.51. The minimum atomic E-state index is -0.692. The fourth-order valence-electron chi connectivity index (χ4n) is 2.99. The van der Waals surface area contributed by atoms with E-state index in [4.69, 9.17) is 4.74 Å². The molecular formula is C21H18FN7O2. The van der Waals surface area contributed by atoms with Crippen LogP contribution in [0.3, 0.4) is 0 Å². The maximum Gasteiger partial charge on any atom is 0.413 e. The van der Waals surface area contributed by atoms with Crippen LogP contribution in [0.4, 0.5) is 9.18 Å². The number of hydrogen-bond donors (Lipinski definition) is 1. The third kappa shape index (κ3) is 4.69. The number of rotatable bonds is 5. The second-order valence-corrected chi connectivity index (χ2v) is 6.84. The Morgan fingerprint density at radius 1 is 1.19 bits per heavy atom. The van der Waals surface area contributed by atoms with Crippen molar-refractivity contribution >= 4 is 6.09 Å². The minimum Gasteiger partial charge on any atom is -0.410 e. The van der Waals surface area contributed by atoms with Gasteiger partial charge in [-0.15, -0.1) is 5.10 Å². The van der Waals surface area contributed by atoms with E-state index in [1.54, 1.807) is 49.6 Å². The van der Waals surface area contributed by atoms with Gasteiger partial charge in [-0.25, -0.2) is 13.9 Å². The maximum absolute atomic E-state index is 14.6. The van der Waals surface area contributed by atoms with Gasteiger partial charge in [0.2, 0.25) is 0 Å². The topological polar surface area (TPSA) is 108 Å². The van der Waals surface area contributed by atoms with E-state index in [1.807, 2.05) is 6.92 Å². The molecule has 10 heteroatoms. The number of benzene rings is 2. The molecular weight excluding hydrogens is 401 g/mol. The van der Waals surface area contributed by atoms with Gasteiger partial charge in [0.1, 0.15) is 17.9 Å². The standard InChI is InChI=1S/C21H18FN7O2/c1-13-3-4-18(19(22)7-13)15-8-16(29-12-25-27-28-29)10-17(9-15)31-21(30)26-14(2)20-11-23-5-6-24-20/h3-12,14H,1-2H3,(H,26,30). The molecule has 1 N–H and O–H groups in total. The number of tetrazole rings is 1. The summed E-state index contributed by atoms with van der Waals surface area (Å²) in [6, 6.07) is 9.36. The Bertz CT molecular complexity index is 1200. The van der Waals surface area contributed by atoms with E-state index in [1.165, 1.54) is 23.3 Å². The number of carbonyl (C=O) groups is 1. The van der Waals surface area contributed by atoms with E-state index in [0.29, 0.717) is 22.5 Å². The Hall–Kier alpha value is -4.21. The first kappa shape index (κ1) is 20.1. The van der Waals surface area contributed by atoms with Crippen LogP contribution < -0.4 is 10.1 Å². The molecule has 2 aromatic carbocycles. The molecule has 9 nitrogen and oxygen atoms in total. The molecule has 4 rings (SSSR count). The SMILES string of the molecule is Cc1ccc(-c2cc(OC(=O)NC(C)c3cnccn3)cc(-n3cnnn3)c2)c(F)c1. The summed E-state index contributed by atoms with van der Waals surface area (Å²) in [7, 11) is 0. The summed E-state index contributed by atoms with van der Waals surface area (Å²) in [6.07, 6.45) is 5.34. The average Bonchev–Trinajstić information content (AvgIpc) is 3.29. The van der Waals surface area contributed by atoms with E-state index in [-0.39, 0.29) is 11.6 Å². The third-order valence-electron chi connectivity index (χ3n) is 4.51. The van der Waals surface area contributed by atoms with E-state index in [2.05, 4.69) is 30.8 Å². The fourth-order valence-corrected chi connectivity index (χ4v) is 2.99. The Labute approximate surface area is 176 Å². The van der Waals surface area contributed by atoms with Crippen LogP contribution in [0.15, 0.2) is 61.3 Å². The molecule has 156 valence electrons. The molecule has 1 atom stereocenters. The second-order valence-electron chi connectivity index (χ2n) is 6.84. The lowest BCUT2D eigenvalue weighted by Crippen LogP contribution is -2.30. The van der Waals surface area contributed by atoms with Crippen LogP contribution in [-0.2, 0) is 0 Å². The van der Waals surface area contributed by atoms with Crippen molar-refractivity contribution in [1.82, 2.24) is 35.5 Å². The van der Waals surface area contributed by atoms with Gasteiger partial charge in [0.05, 0.1) is 23.6 Å². The first-order valence-electron chi connectivity index (χ1n) is 9.39. The van der Waals surface area contributed by atoms with E-state index in [9.17, 15) is 9.18 Å². The quantitative estimate of drug-likeness (QED) is 0.528. The van der Waals surface area contributed by atoms with Crippen molar-refractivity contribution in [2.45, 2.75) is 19.9 Å². The monoisotopic (exact) mass is 419 g/mol. The molecule has 0 aliphatic heterocycles. The number of amides is 1. The van der Waals surface area contributed by atoms with Crippen molar-refractivity contribution < 1.29 is 13.9 Å². The first-order valence-corrected chi connectivity index (χ1v) is 9.39. The van der Waals surface area contributed by atoms with Crippen molar-refractivity contribution in [3.05, 3.63) is 78.4 Å². The van der Waals surface area contributed by atoms with Gasteiger partial charge < -0.3 is 10.1 Å². The van der Waals surface area contributed by atoms with Gasteiger partial charge in [0.15, 0.2) is 0 Å². The molecule has 1 unspecified atom stereocenters. The highest BCUT2D eigenvalue weighted by atomic mass is 19.1. The van der Waals surface area contributed by atoms with Gasteiger partial charge in [0, 0.05) is 24.0 Å². The van der Waals surface area contributed by atoms with Crippen molar-refractivity contribution in [3.63, 3.8) is 0 Å². The summed E-state index contributed by atoms with van der Waals surface area (Å²) >= 11 is 0. The zero-order chi connectivity index (χ0) is 21.8. The van der Waals surface area contributed by atoms with Crippen LogP contribution in [0.1, 0.15) is 24.2 Å². The molecule has 4 aromatic rings. The molecule has 2 aromatic heterocycles. The fraction of sp³-hybridized carbons (Fsp3) is 0.143. The predicted octanol–water partition coefficient (Wildman–Crippen LogP) is 3.42. The summed E-state index contributed by atoms with van der Waals surface area (Å²) in [4.78, 5) is 20.6. The molecule has 2 heterocycles. The van der Waals surface area contributed by atoms with Gasteiger partial charge in [0.25, 0.3) is 0 Å². The maximum atomic E-state index is 14.6. The highest BCUT2D eigenvalue weighted by Crippen LogP contribution is 2.30. The number of aromatic nitrogens is 6. The highest BCUT2D eigenvalue weighted by Gasteiger charge is 2.15. The normalized spacial score (nSPS) is 11.7. The van der Waals surface area contributed by atoms with Gasteiger partial charge in [-0.3, -0.25) is 9.97 Å². The Kier molecular flexibility index (Phi) is 5.61. The second kappa shape index (κ2) is 8.66. The molecule has 31 heavy (non-hydrogen) atoms. The summed E-state index contributed by atoms with van der Waals surface area (Å²) < 4.78 is 21.4. The molecule has 0 spiro atoms. The summed E-state index contributed by atoms with van der Waals surface area (Å²) in [6.45, 7) is 3.57. The molecule has 0 aliphatic carbocycles. The molecule has 0 bridgehead atoms. The Morgan fingerprint density at radius 3 is 2.77 bits per heavy atom. The molecule has 1 amide bonds. The zero-order valence-electron chi connectivity index (χ0n) is 16.7. The lowest BCUT2D eigenvalue weighted by atomic mass is 10.0. The number of halogens is 1. The van der Waals surface area contributed by atoms with Gasteiger partial charge in [-0.1, -0.05) is 12.1 Å². The highest BCUT2D eigenvalue weighted by molar-refractivity contribution is 5.74. The molecule has 0 aliphatic rings. The molecule has 0 fully saturated rings. The lowest BCUT2D eigenvalue weighted by molar-refractivity contribution is 0.196. The van der Waals surface area contributed by atoms with Gasteiger partial charge in [-0.2, -0.15) is 0 Å². The van der Waals surface area contributed by atoms with Crippen LogP contribution in [0, 0.1) is 12.7 Å². The number of nitrogens with one attached hydrogen (secondary N) is 1. The van der Waals surface area contributed by atoms with Crippen molar-refractivity contribution in [3.8, 4) is 22.6 Å². The van der Waals surface area contributed by atoms with Crippen LogP contribution >= 0.6 is 0 Å². The smallest absolute Gasteiger partial charge is 0.410 e. The number of carbonyl (C=O) groups excluding carboxylic acids is 1. The Morgan fingerprint density at radius 2 is 2.06 bits per heavy atom. The van der Waals surface area contributed by atoms with Crippen LogP contribution in [-0.4, -0.2) is 36.3 Å². The number of hydrogen-bond acceptors (Lipinski definition) is 7. The largest absolute Gasteiger partial charge is 0.413 e. The average molecular weight is 419 g/mol. The molecule has 0 radical (unpaired) electrons. The van der Waals surface area contributed by atoms with Crippen molar-refractivity contribution in [2.75, 3.05) is 0 Å². The van der Waals surface area contributed by atoms with Gasteiger partial charge >= 0.3 is 6.09 Å². The molecule has 0 saturated heterocycles. The van der Waals surface area contributed by atoms with Crippen LogP contribution in [0.25, 0.3) is 16.8 Å². The van der Waals surface area contributed by atoms with E-state index in [0.717, 1.165) is 5.56 Å². The summed E-state index contributed by atoms with van der Waals surface area (Å²) in [5.74, 6) is -0.188. The van der Waals surface area contributed by atoms with E-state index >= 15 is 0 Å². The zero-order valence-corrected chi connectivity index (χ0v) is 16.7. The first-order chi connectivity index (χ1) is 15.0. The van der Waals surface area contributed by atoms with E-state index < -0.39 is 12.1 Å².